The van der Waals surface area contributed by atoms with Crippen molar-refractivity contribution in [2.75, 3.05) is 20.8 Å². The quantitative estimate of drug-likeness (QED) is 0.161. The zero-order valence-corrected chi connectivity index (χ0v) is 36.5. The fourth-order valence-corrected chi connectivity index (χ4v) is 9.62. The van der Waals surface area contributed by atoms with E-state index in [4.69, 9.17) is 24.2 Å². The molecular weight excluding hydrogens is 775 g/mol. The zero-order valence-electron chi connectivity index (χ0n) is 36.5. The molecular formula is C47H57N7O7. The summed E-state index contributed by atoms with van der Waals surface area (Å²) in [6.45, 7) is 14.8. The van der Waals surface area contributed by atoms with Gasteiger partial charge in [0.2, 0.25) is 11.8 Å². The van der Waals surface area contributed by atoms with E-state index < -0.39 is 29.7 Å². The van der Waals surface area contributed by atoms with Crippen molar-refractivity contribution in [3.05, 3.63) is 65.6 Å². The number of methoxy groups -OCH3 is 2. The van der Waals surface area contributed by atoms with Crippen LogP contribution in [0.2, 0.25) is 0 Å². The molecule has 1 aromatic heterocycles. The van der Waals surface area contributed by atoms with Gasteiger partial charge < -0.3 is 39.6 Å². The first-order valence-corrected chi connectivity index (χ1v) is 21.4. The zero-order chi connectivity index (χ0) is 43.5. The van der Waals surface area contributed by atoms with Crippen LogP contribution >= 0.6 is 0 Å². The summed E-state index contributed by atoms with van der Waals surface area (Å²) in [5.74, 6) is 1.41. The molecule has 0 saturated carbocycles. The maximum Gasteiger partial charge on any atom is 0.407 e. The number of hydrogen-bond donors (Lipinski definition) is 3. The Hall–Kier alpha value is -5.92. The van der Waals surface area contributed by atoms with Gasteiger partial charge in [0.15, 0.2) is 0 Å². The molecule has 14 nitrogen and oxygen atoms in total. The van der Waals surface area contributed by atoms with Crippen molar-refractivity contribution in [1.29, 1.82) is 0 Å². The summed E-state index contributed by atoms with van der Waals surface area (Å²) in [5, 5.41) is 7.69. The topological polar surface area (TPSA) is 168 Å². The van der Waals surface area contributed by atoms with Crippen LogP contribution in [-0.2, 0) is 32.1 Å². The van der Waals surface area contributed by atoms with Crippen LogP contribution in [0.1, 0.15) is 90.7 Å². The number of H-pyrrole nitrogens is 1. The molecule has 0 aliphatic carbocycles. The average Bonchev–Trinajstić information content (AvgIpc) is 4.05. The molecule has 2 fully saturated rings. The van der Waals surface area contributed by atoms with Gasteiger partial charge in [0.25, 0.3) is 0 Å². The Morgan fingerprint density at radius 2 is 1.67 bits per heavy atom. The number of aromatic amines is 1. The van der Waals surface area contributed by atoms with Crippen LogP contribution in [-0.4, -0.2) is 94.4 Å². The van der Waals surface area contributed by atoms with Gasteiger partial charge in [-0.05, 0) is 101 Å². The molecule has 0 radical (unpaired) electrons. The number of likely N-dealkylation sites (tertiary alicyclic amines) is 2. The van der Waals surface area contributed by atoms with Crippen LogP contribution in [0.15, 0.2) is 53.7 Å². The maximum absolute atomic E-state index is 14.1. The molecule has 3 aromatic carbocycles. The molecule has 8 rings (SSSR count). The average molecular weight is 832 g/mol. The third-order valence-corrected chi connectivity index (χ3v) is 12.9. The van der Waals surface area contributed by atoms with Crippen molar-refractivity contribution < 1.29 is 33.4 Å². The van der Waals surface area contributed by atoms with E-state index in [0.717, 1.165) is 80.7 Å². The van der Waals surface area contributed by atoms with E-state index in [1.165, 1.54) is 14.2 Å². The van der Waals surface area contributed by atoms with Gasteiger partial charge in [-0.15, -0.1) is 0 Å². The van der Waals surface area contributed by atoms with Gasteiger partial charge in [-0.3, -0.25) is 14.6 Å². The highest BCUT2D eigenvalue weighted by molar-refractivity contribution is 6.06. The molecule has 4 amide bonds. The van der Waals surface area contributed by atoms with Crippen molar-refractivity contribution in [3.8, 4) is 28.1 Å². The van der Waals surface area contributed by atoms with Gasteiger partial charge in [-0.25, -0.2) is 14.6 Å². The Labute approximate surface area is 356 Å². The highest BCUT2D eigenvalue weighted by atomic mass is 16.5. The summed E-state index contributed by atoms with van der Waals surface area (Å²) in [5.41, 5.74) is 7.46. The lowest BCUT2D eigenvalue weighted by atomic mass is 9.85. The van der Waals surface area contributed by atoms with Gasteiger partial charge in [0.05, 0.1) is 43.9 Å². The number of rotatable bonds is 8. The number of alkyl carbamates (subject to hydrolysis) is 2. The van der Waals surface area contributed by atoms with Crippen LogP contribution in [0.25, 0.3) is 33.2 Å². The second-order valence-corrected chi connectivity index (χ2v) is 18.6. The molecule has 0 spiro atoms. The monoisotopic (exact) mass is 831 g/mol. The van der Waals surface area contributed by atoms with E-state index in [9.17, 15) is 19.2 Å². The van der Waals surface area contributed by atoms with Crippen molar-refractivity contribution >= 4 is 46.2 Å². The summed E-state index contributed by atoms with van der Waals surface area (Å²) < 4.78 is 16.1. The number of aromatic nitrogens is 2. The van der Waals surface area contributed by atoms with Crippen LogP contribution < -0.4 is 15.4 Å². The fraction of sp³-hybridized carbons (Fsp3) is 0.489. The Bertz CT molecular complexity index is 2430. The number of ether oxygens (including phenoxy) is 3. The molecule has 4 aliphatic heterocycles. The molecule has 0 bridgehead atoms. The molecule has 2 unspecified atom stereocenters. The maximum atomic E-state index is 14.1. The molecule has 4 aromatic rings. The van der Waals surface area contributed by atoms with Crippen LogP contribution in [0.3, 0.4) is 0 Å². The highest BCUT2D eigenvalue weighted by Gasteiger charge is 2.44. The number of carbonyl (C=O) groups is 4. The number of nitrogens with one attached hydrogen (secondary N) is 3. The molecule has 322 valence electrons. The first-order chi connectivity index (χ1) is 29.1. The predicted molar refractivity (Wildman–Crippen MR) is 233 cm³/mol. The van der Waals surface area contributed by atoms with Crippen LogP contribution in [0.5, 0.6) is 5.75 Å². The van der Waals surface area contributed by atoms with Gasteiger partial charge in [0.1, 0.15) is 30.3 Å². The number of imidazole rings is 1. The lowest BCUT2D eigenvalue weighted by Gasteiger charge is -2.35. The first-order valence-electron chi connectivity index (χ1n) is 21.4. The third kappa shape index (κ3) is 7.81. The largest absolute Gasteiger partial charge is 0.488 e. The molecule has 61 heavy (non-hydrogen) atoms. The van der Waals surface area contributed by atoms with Crippen molar-refractivity contribution in [2.24, 2.45) is 22.2 Å². The minimum absolute atomic E-state index is 0.0127. The molecule has 5 heterocycles. The number of amides is 4. The van der Waals surface area contributed by atoms with E-state index in [-0.39, 0.29) is 41.8 Å². The van der Waals surface area contributed by atoms with E-state index in [1.807, 2.05) is 57.5 Å². The molecule has 4 aliphatic rings. The van der Waals surface area contributed by atoms with Crippen LogP contribution in [0, 0.1) is 17.3 Å². The second-order valence-electron chi connectivity index (χ2n) is 18.6. The van der Waals surface area contributed by atoms with Gasteiger partial charge in [-0.2, -0.15) is 0 Å². The van der Waals surface area contributed by atoms with Gasteiger partial charge in [0, 0.05) is 30.3 Å². The predicted octanol–water partition coefficient (Wildman–Crippen LogP) is 7.86. The summed E-state index contributed by atoms with van der Waals surface area (Å²) in [7, 11) is 2.60. The number of aliphatic imine (C=N–C) groups is 1. The van der Waals surface area contributed by atoms with E-state index in [0.29, 0.717) is 25.4 Å². The lowest BCUT2D eigenvalue weighted by Crippen LogP contribution is -2.56. The van der Waals surface area contributed by atoms with Gasteiger partial charge in [-0.1, -0.05) is 59.7 Å². The first kappa shape index (κ1) is 41.8. The molecule has 2 saturated heterocycles. The summed E-state index contributed by atoms with van der Waals surface area (Å²) in [4.78, 5) is 69.6. The van der Waals surface area contributed by atoms with Crippen molar-refractivity contribution in [3.63, 3.8) is 0 Å². The normalized spacial score (nSPS) is 21.6. The van der Waals surface area contributed by atoms with Gasteiger partial charge >= 0.3 is 12.2 Å². The number of carbonyl (C=O) groups excluding carboxylic acids is 4. The highest BCUT2D eigenvalue weighted by Crippen LogP contribution is 2.45. The summed E-state index contributed by atoms with van der Waals surface area (Å²) in [6, 6.07) is 13.0. The Balaban J connectivity index is 1.02. The lowest BCUT2D eigenvalue weighted by molar-refractivity contribution is -0.137. The van der Waals surface area contributed by atoms with Crippen molar-refractivity contribution in [1.82, 2.24) is 30.4 Å². The standard InChI is InChI=1S/C47H57N7O7/c1-24(2)40(51-45(57)59-8)43(55)54-26(4)10-15-37(54)42-48-21-36(50-42)28-11-13-30-29(17-28)23-61-39-20-31-27(18-33(30)39)12-14-34-32(31)19-35(49-34)38-16-25(3)22-53(38)44(56)41(47(5,6)7)52-46(58)60-9/h11-14,17-18,20-21,24-26,37-38,40-41H,10,15-16,19,22-23H2,1-9H3,(H,48,50)(H,51,57)(H,52,58)/t25-,26-,37?,38?,40-,41+/m0/s1. The number of benzene rings is 3. The van der Waals surface area contributed by atoms with Crippen molar-refractivity contribution in [2.45, 2.75) is 111 Å². The van der Waals surface area contributed by atoms with E-state index in [1.54, 1.807) is 0 Å². The SMILES string of the molecule is COC(=O)N[C@H](C(=O)N1C(c2ncc(-c3ccc4c(c3)COc3cc5c6c(ccc5cc3-4)N=C(C3C[C@H](C)CN3C(=O)[C@@H](NC(=O)OC)C(C)(C)C)C6)[nH]2)CC[C@@H]1C)C(C)C. The molecule has 14 heteroatoms. The third-order valence-electron chi connectivity index (χ3n) is 12.9. The summed E-state index contributed by atoms with van der Waals surface area (Å²) in [6.07, 6.45) is 3.57. The minimum atomic E-state index is -0.747. The summed E-state index contributed by atoms with van der Waals surface area (Å²) >= 11 is 0. The second kappa shape index (κ2) is 16.2. The Morgan fingerprint density at radius 1 is 0.918 bits per heavy atom. The van der Waals surface area contributed by atoms with E-state index in [2.05, 4.69) is 65.0 Å². The smallest absolute Gasteiger partial charge is 0.407 e. The number of nitrogens with zero attached hydrogens (tertiary/aromatic N) is 4. The Morgan fingerprint density at radius 3 is 2.39 bits per heavy atom. The minimum Gasteiger partial charge on any atom is -0.488 e. The fourth-order valence-electron chi connectivity index (χ4n) is 9.62. The number of fused-ring (bicyclic) bond motifs is 6. The van der Waals surface area contributed by atoms with Crippen LogP contribution in [0.4, 0.5) is 15.3 Å². The Kier molecular flexibility index (Phi) is 11.1. The molecule has 6 atom stereocenters. The number of hydrogen-bond acceptors (Lipinski definition) is 9. The van der Waals surface area contributed by atoms with E-state index >= 15 is 0 Å². The molecule has 3 N–H and O–H groups in total.